The van der Waals surface area contributed by atoms with Gasteiger partial charge < -0.3 is 11.1 Å². The number of hydrogen-bond acceptors (Lipinski definition) is 4. The zero-order valence-electron chi connectivity index (χ0n) is 17.4. The average Bonchev–Trinajstić information content (AvgIpc) is 3.43. The van der Waals surface area contributed by atoms with E-state index in [1.54, 1.807) is 16.7 Å². The fourth-order valence-corrected chi connectivity index (χ4v) is 5.12. The zero-order valence-corrected chi connectivity index (χ0v) is 17.4. The molecular weight excluding hydrogens is 378 g/mol. The molecule has 0 aliphatic heterocycles. The molecule has 2 fully saturated rings. The van der Waals surface area contributed by atoms with Crippen LogP contribution in [-0.4, -0.2) is 21.3 Å². The first-order chi connectivity index (χ1) is 14.5. The maximum atomic E-state index is 13.4. The highest BCUT2D eigenvalue weighted by Crippen LogP contribution is 2.29. The summed E-state index contributed by atoms with van der Waals surface area (Å²) in [7, 11) is 0. The van der Waals surface area contributed by atoms with Crippen molar-refractivity contribution < 1.29 is 9.36 Å². The summed E-state index contributed by atoms with van der Waals surface area (Å²) in [5.41, 5.74) is 8.94. The molecule has 3 heterocycles. The number of hydrogen-bond donors (Lipinski definition) is 2. The highest BCUT2D eigenvalue weighted by molar-refractivity contribution is 6.00. The number of nitrogen functional groups attached to an aromatic ring is 1. The smallest absolute Gasteiger partial charge is 0.278 e. The van der Waals surface area contributed by atoms with Crippen molar-refractivity contribution in [1.29, 1.82) is 0 Å². The number of rotatable bonds is 3. The molecule has 0 bridgehead atoms. The molecule has 7 nitrogen and oxygen atoms in total. The van der Waals surface area contributed by atoms with Crippen molar-refractivity contribution in [2.75, 3.05) is 5.73 Å². The molecule has 1 amide bonds. The molecule has 0 unspecified atom stereocenters. The van der Waals surface area contributed by atoms with Crippen LogP contribution in [0.1, 0.15) is 73.3 Å². The minimum atomic E-state index is -0.193. The topological polar surface area (TPSA) is 93.4 Å². The van der Waals surface area contributed by atoms with Crippen molar-refractivity contribution in [2.45, 2.75) is 70.4 Å². The summed E-state index contributed by atoms with van der Waals surface area (Å²) in [6.45, 7) is 1.94. The Hall–Kier alpha value is -2.96. The normalized spacial score (nSPS) is 17.9. The van der Waals surface area contributed by atoms with E-state index in [2.05, 4.69) is 5.32 Å². The molecule has 2 aliphatic carbocycles. The van der Waals surface area contributed by atoms with Crippen molar-refractivity contribution in [3.63, 3.8) is 0 Å². The number of carbonyl (C=O) groups excluding carboxylic acids is 1. The van der Waals surface area contributed by atoms with Crippen LogP contribution in [-0.2, 0) is 0 Å². The van der Waals surface area contributed by atoms with E-state index >= 15 is 0 Å². The lowest BCUT2D eigenvalue weighted by Crippen LogP contribution is -2.46. The SMILES string of the molecule is Cc1cccn2c(=O)c3cc(C(=O)NC4CCCC4)c(N)[n+](C4CCCC4)c3nc12. The molecule has 7 heteroatoms. The lowest BCUT2D eigenvalue weighted by atomic mass is 10.1. The first-order valence-corrected chi connectivity index (χ1v) is 11.0. The van der Waals surface area contributed by atoms with Crippen molar-refractivity contribution in [2.24, 2.45) is 0 Å². The van der Waals surface area contributed by atoms with Gasteiger partial charge in [0, 0.05) is 17.8 Å². The summed E-state index contributed by atoms with van der Waals surface area (Å²) >= 11 is 0. The van der Waals surface area contributed by atoms with Gasteiger partial charge in [0.25, 0.3) is 17.1 Å². The summed E-state index contributed by atoms with van der Waals surface area (Å²) in [6, 6.07) is 5.77. The highest BCUT2D eigenvalue weighted by atomic mass is 16.2. The van der Waals surface area contributed by atoms with Gasteiger partial charge in [0.2, 0.25) is 11.5 Å². The Bertz CT molecular complexity index is 1200. The predicted molar refractivity (Wildman–Crippen MR) is 116 cm³/mol. The van der Waals surface area contributed by atoms with Crippen molar-refractivity contribution in [3.8, 4) is 0 Å². The quantitative estimate of drug-likeness (QED) is 0.517. The number of amides is 1. The summed E-state index contributed by atoms with van der Waals surface area (Å²) < 4.78 is 3.52. The molecule has 156 valence electrons. The van der Waals surface area contributed by atoms with Gasteiger partial charge in [-0.1, -0.05) is 23.9 Å². The maximum Gasteiger partial charge on any atom is 0.278 e. The van der Waals surface area contributed by atoms with Gasteiger partial charge in [-0.2, -0.15) is 0 Å². The average molecular weight is 407 g/mol. The molecule has 3 aromatic heterocycles. The Morgan fingerprint density at radius 2 is 1.90 bits per heavy atom. The van der Waals surface area contributed by atoms with Crippen molar-refractivity contribution in [1.82, 2.24) is 14.7 Å². The van der Waals surface area contributed by atoms with E-state index in [9.17, 15) is 9.59 Å². The summed E-state index contributed by atoms with van der Waals surface area (Å²) in [6.07, 6.45) is 10.2. The monoisotopic (exact) mass is 406 g/mol. The van der Waals surface area contributed by atoms with Crippen molar-refractivity contribution >= 4 is 28.4 Å². The Balaban J connectivity index is 1.76. The first-order valence-electron chi connectivity index (χ1n) is 11.0. The summed E-state index contributed by atoms with van der Waals surface area (Å²) in [4.78, 5) is 31.4. The molecule has 0 atom stereocenters. The third-order valence-electron chi connectivity index (χ3n) is 6.74. The van der Waals surface area contributed by atoms with Crippen LogP contribution >= 0.6 is 0 Å². The van der Waals surface area contributed by atoms with Crippen LogP contribution in [0.5, 0.6) is 0 Å². The fraction of sp³-hybridized carbons (Fsp3) is 0.478. The Kier molecular flexibility index (Phi) is 4.68. The highest BCUT2D eigenvalue weighted by Gasteiger charge is 2.31. The van der Waals surface area contributed by atoms with Gasteiger partial charge in [0.15, 0.2) is 0 Å². The predicted octanol–water partition coefficient (Wildman–Crippen LogP) is 2.81. The third kappa shape index (κ3) is 3.04. The number of anilines is 1. The van der Waals surface area contributed by atoms with Crippen LogP contribution in [0.4, 0.5) is 5.82 Å². The van der Waals surface area contributed by atoms with E-state index in [-0.39, 0.29) is 23.6 Å². The van der Waals surface area contributed by atoms with Crippen molar-refractivity contribution in [3.05, 3.63) is 45.9 Å². The Morgan fingerprint density at radius 3 is 2.63 bits per heavy atom. The lowest BCUT2D eigenvalue weighted by Gasteiger charge is -2.18. The second-order valence-corrected chi connectivity index (χ2v) is 8.75. The van der Waals surface area contributed by atoms with Crippen LogP contribution in [0.3, 0.4) is 0 Å². The Labute approximate surface area is 174 Å². The largest absolute Gasteiger partial charge is 0.349 e. The van der Waals surface area contributed by atoms with Gasteiger partial charge in [-0.15, -0.1) is 0 Å². The van der Waals surface area contributed by atoms with Gasteiger partial charge in [0.1, 0.15) is 10.9 Å². The molecule has 2 saturated carbocycles. The van der Waals surface area contributed by atoms with Gasteiger partial charge >= 0.3 is 0 Å². The number of pyridine rings is 2. The fourth-order valence-electron chi connectivity index (χ4n) is 5.12. The maximum absolute atomic E-state index is 13.4. The molecule has 0 aromatic carbocycles. The van der Waals surface area contributed by atoms with Crippen LogP contribution in [0.2, 0.25) is 0 Å². The van der Waals surface area contributed by atoms with E-state index < -0.39 is 0 Å². The number of nitrogens with two attached hydrogens (primary N) is 1. The second kappa shape index (κ2) is 7.38. The number of nitrogens with one attached hydrogen (secondary N) is 1. The standard InChI is InChI=1S/C23H27N5O2/c1-14-7-6-12-27-20(14)26-21-18(23(27)30)13-17(22(29)25-15-8-2-3-9-15)19(24)28(21)16-10-4-5-11-16/h6-7,12-13,15-16,24H,2-5,8-11H2,1H3,(H,25,29)/p+1. The summed E-state index contributed by atoms with van der Waals surface area (Å²) in [5, 5.41) is 3.56. The minimum Gasteiger partial charge on any atom is -0.349 e. The van der Waals surface area contributed by atoms with Crippen LogP contribution in [0.15, 0.2) is 29.2 Å². The van der Waals surface area contributed by atoms with Crippen LogP contribution < -0.4 is 21.2 Å². The molecule has 5 rings (SSSR count). The second-order valence-electron chi connectivity index (χ2n) is 8.75. The third-order valence-corrected chi connectivity index (χ3v) is 6.74. The molecular formula is C23H28N5O2+. The number of fused-ring (bicyclic) bond motifs is 2. The van der Waals surface area contributed by atoms with Gasteiger partial charge in [0.05, 0.1) is 6.04 Å². The van der Waals surface area contributed by atoms with Crippen LogP contribution in [0.25, 0.3) is 16.7 Å². The number of aryl methyl sites for hydroxylation is 1. The first kappa shape index (κ1) is 19.0. The van der Waals surface area contributed by atoms with E-state index in [0.717, 1.165) is 56.9 Å². The van der Waals surface area contributed by atoms with E-state index in [1.165, 1.54) is 0 Å². The molecule has 0 spiro atoms. The lowest BCUT2D eigenvalue weighted by molar-refractivity contribution is -0.685. The number of aromatic nitrogens is 3. The van der Waals surface area contributed by atoms with E-state index in [4.69, 9.17) is 10.7 Å². The van der Waals surface area contributed by atoms with Gasteiger partial charge in [-0.05, 0) is 57.6 Å². The molecule has 0 radical (unpaired) electrons. The zero-order chi connectivity index (χ0) is 20.8. The molecule has 3 aromatic rings. The molecule has 2 aliphatic rings. The molecule has 0 saturated heterocycles. The molecule has 30 heavy (non-hydrogen) atoms. The van der Waals surface area contributed by atoms with Gasteiger partial charge in [-0.3, -0.25) is 14.0 Å². The minimum absolute atomic E-state index is 0.157. The van der Waals surface area contributed by atoms with Crippen LogP contribution in [0, 0.1) is 6.92 Å². The number of carbonyl (C=O) groups is 1. The number of nitrogens with zero attached hydrogens (tertiary/aromatic N) is 3. The van der Waals surface area contributed by atoms with Gasteiger partial charge in [-0.25, -0.2) is 4.57 Å². The van der Waals surface area contributed by atoms with E-state index in [0.29, 0.717) is 28.1 Å². The Morgan fingerprint density at radius 1 is 1.20 bits per heavy atom. The molecule has 3 N–H and O–H groups in total. The summed E-state index contributed by atoms with van der Waals surface area (Å²) in [5.74, 6) is 0.219. The van der Waals surface area contributed by atoms with E-state index in [1.807, 2.05) is 23.6 Å².